The molecule has 8 heteroatoms. The summed E-state index contributed by atoms with van der Waals surface area (Å²) in [5.74, 6) is -0.154. The van der Waals surface area contributed by atoms with Crippen LogP contribution in [-0.2, 0) is 4.79 Å². The highest BCUT2D eigenvalue weighted by Crippen LogP contribution is 2.27. The van der Waals surface area contributed by atoms with Crippen LogP contribution in [0.3, 0.4) is 0 Å². The number of hydrogen-bond donors (Lipinski definition) is 2. The molecule has 1 atom stereocenters. The zero-order valence-electron chi connectivity index (χ0n) is 14.2. The number of hydrazine groups is 1. The molecule has 3 rings (SSSR count). The fourth-order valence-electron chi connectivity index (χ4n) is 2.65. The maximum absolute atomic E-state index is 12.7. The molecule has 2 aromatic rings. The van der Waals surface area contributed by atoms with E-state index < -0.39 is 12.1 Å². The predicted octanol–water partition coefficient (Wildman–Crippen LogP) is 3.73. The second-order valence-electron chi connectivity index (χ2n) is 5.92. The molecule has 2 amide bonds. The van der Waals surface area contributed by atoms with Crippen molar-refractivity contribution in [2.24, 2.45) is 0 Å². The number of anilines is 1. The van der Waals surface area contributed by atoms with Crippen molar-refractivity contribution in [1.82, 2.24) is 10.4 Å². The molecular formula is C18H17BrClN3O3. The van der Waals surface area contributed by atoms with Gasteiger partial charge in [-0.15, -0.1) is 0 Å². The zero-order chi connectivity index (χ0) is 18.8. The number of hydrogen-bond acceptors (Lipinski definition) is 4. The van der Waals surface area contributed by atoms with Crippen molar-refractivity contribution in [2.45, 2.75) is 20.0 Å². The maximum Gasteiger partial charge on any atom is 0.276 e. The minimum absolute atomic E-state index is 0.218. The third-order valence-electron chi connectivity index (χ3n) is 3.92. The largest absolute Gasteiger partial charge is 0.483 e. The monoisotopic (exact) mass is 437 g/mol. The predicted molar refractivity (Wildman–Crippen MR) is 103 cm³/mol. The van der Waals surface area contributed by atoms with E-state index in [1.165, 1.54) is 5.01 Å². The second kappa shape index (κ2) is 7.55. The Kier molecular flexibility index (Phi) is 5.38. The summed E-state index contributed by atoms with van der Waals surface area (Å²) in [6.07, 6.45) is -0.391. The minimum atomic E-state index is -0.431. The van der Waals surface area contributed by atoms with Crippen LogP contribution in [0.25, 0.3) is 0 Å². The Bertz CT molecular complexity index is 875. The van der Waals surface area contributed by atoms with Gasteiger partial charge in [0.15, 0.2) is 6.61 Å². The molecule has 0 spiro atoms. The van der Waals surface area contributed by atoms with Crippen molar-refractivity contribution < 1.29 is 14.3 Å². The van der Waals surface area contributed by atoms with E-state index in [9.17, 15) is 9.59 Å². The van der Waals surface area contributed by atoms with E-state index in [2.05, 4.69) is 26.7 Å². The number of nitrogens with zero attached hydrogens (tertiary/aromatic N) is 1. The first-order valence-corrected chi connectivity index (χ1v) is 9.10. The van der Waals surface area contributed by atoms with Gasteiger partial charge in [0.05, 0.1) is 5.56 Å². The molecule has 0 aliphatic carbocycles. The molecule has 1 unspecified atom stereocenters. The van der Waals surface area contributed by atoms with E-state index >= 15 is 0 Å². The van der Waals surface area contributed by atoms with Crippen LogP contribution < -0.4 is 15.5 Å². The van der Waals surface area contributed by atoms with E-state index in [1.807, 2.05) is 19.1 Å². The number of ether oxygens (including phenoxy) is 1. The first-order valence-electron chi connectivity index (χ1n) is 7.93. The highest BCUT2D eigenvalue weighted by Gasteiger charge is 2.30. The van der Waals surface area contributed by atoms with E-state index in [-0.39, 0.29) is 12.5 Å². The molecule has 0 aromatic heterocycles. The Hall–Kier alpha value is -2.25. The van der Waals surface area contributed by atoms with Gasteiger partial charge in [0.25, 0.3) is 11.8 Å². The molecule has 0 bridgehead atoms. The molecular weight excluding hydrogens is 422 g/mol. The number of rotatable bonds is 4. The molecule has 136 valence electrons. The molecule has 1 aliphatic rings. The topological polar surface area (TPSA) is 70.7 Å². The van der Waals surface area contributed by atoms with E-state index in [4.69, 9.17) is 16.3 Å². The number of fused-ring (bicyclic) bond motifs is 1. The summed E-state index contributed by atoms with van der Waals surface area (Å²) in [4.78, 5) is 24.9. The molecule has 2 aromatic carbocycles. The number of aryl methyl sites for hydroxylation is 1. The van der Waals surface area contributed by atoms with Gasteiger partial charge < -0.3 is 10.1 Å². The van der Waals surface area contributed by atoms with Crippen molar-refractivity contribution in [1.29, 1.82) is 0 Å². The van der Waals surface area contributed by atoms with Crippen molar-refractivity contribution in [2.75, 3.05) is 11.9 Å². The fourth-order valence-corrected chi connectivity index (χ4v) is 3.23. The van der Waals surface area contributed by atoms with Gasteiger partial charge in [0, 0.05) is 15.2 Å². The summed E-state index contributed by atoms with van der Waals surface area (Å²) in [6.45, 7) is 3.41. The van der Waals surface area contributed by atoms with Gasteiger partial charge in [-0.25, -0.2) is 5.01 Å². The normalized spacial score (nSPS) is 15.9. The molecule has 2 N–H and O–H groups in total. The minimum Gasteiger partial charge on any atom is -0.483 e. The number of carbonyl (C=O) groups is 2. The third kappa shape index (κ3) is 3.94. The lowest BCUT2D eigenvalue weighted by Crippen LogP contribution is -2.57. The Morgan fingerprint density at radius 3 is 2.85 bits per heavy atom. The van der Waals surface area contributed by atoms with Crippen LogP contribution in [0.5, 0.6) is 5.75 Å². The van der Waals surface area contributed by atoms with Gasteiger partial charge in [-0.2, -0.15) is 0 Å². The molecule has 0 saturated heterocycles. The Labute approximate surface area is 164 Å². The maximum atomic E-state index is 12.7. The standard InChI is InChI=1S/C18H17BrClN3O3/c1-10-7-13(20)4-6-16(10)26-9-17(24)22-23-11(2)21-15-5-3-12(19)8-14(15)18(23)25/h3-8,11,21H,9H2,1-2H3,(H,22,24). The van der Waals surface area contributed by atoms with Gasteiger partial charge in [0.1, 0.15) is 11.9 Å². The van der Waals surface area contributed by atoms with Crippen molar-refractivity contribution in [3.8, 4) is 5.75 Å². The molecule has 1 aliphatic heterocycles. The average molecular weight is 439 g/mol. The Balaban J connectivity index is 1.66. The Morgan fingerprint density at radius 1 is 1.35 bits per heavy atom. The zero-order valence-corrected chi connectivity index (χ0v) is 16.5. The van der Waals surface area contributed by atoms with Crippen LogP contribution in [0.1, 0.15) is 22.8 Å². The van der Waals surface area contributed by atoms with Crippen LogP contribution in [0, 0.1) is 6.92 Å². The van der Waals surface area contributed by atoms with Crippen LogP contribution in [-0.4, -0.2) is 29.6 Å². The van der Waals surface area contributed by atoms with Crippen LogP contribution >= 0.6 is 27.5 Å². The highest BCUT2D eigenvalue weighted by atomic mass is 79.9. The van der Waals surface area contributed by atoms with Crippen LogP contribution in [0.4, 0.5) is 5.69 Å². The van der Waals surface area contributed by atoms with E-state index in [0.29, 0.717) is 16.3 Å². The smallest absolute Gasteiger partial charge is 0.276 e. The number of nitrogens with one attached hydrogen (secondary N) is 2. The average Bonchev–Trinajstić information content (AvgIpc) is 2.58. The summed E-state index contributed by atoms with van der Waals surface area (Å²) < 4.78 is 6.30. The molecule has 1 heterocycles. The Morgan fingerprint density at radius 2 is 2.12 bits per heavy atom. The highest BCUT2D eigenvalue weighted by molar-refractivity contribution is 9.10. The van der Waals surface area contributed by atoms with E-state index in [0.717, 1.165) is 15.7 Å². The summed E-state index contributed by atoms with van der Waals surface area (Å²) in [5.41, 5.74) is 4.63. The summed E-state index contributed by atoms with van der Waals surface area (Å²) in [7, 11) is 0. The van der Waals surface area contributed by atoms with Gasteiger partial charge in [-0.05, 0) is 55.8 Å². The SMILES string of the molecule is Cc1cc(Cl)ccc1OCC(=O)NN1C(=O)c2cc(Br)ccc2NC1C. The van der Waals surface area contributed by atoms with Crippen molar-refractivity contribution in [3.63, 3.8) is 0 Å². The number of carbonyl (C=O) groups excluding carboxylic acids is 2. The van der Waals surface area contributed by atoms with Gasteiger partial charge in [-0.1, -0.05) is 27.5 Å². The molecule has 6 nitrogen and oxygen atoms in total. The fraction of sp³-hybridized carbons (Fsp3) is 0.222. The van der Waals surface area contributed by atoms with Crippen molar-refractivity contribution >= 4 is 45.0 Å². The van der Waals surface area contributed by atoms with Gasteiger partial charge in [-0.3, -0.25) is 15.0 Å². The van der Waals surface area contributed by atoms with E-state index in [1.54, 1.807) is 31.2 Å². The second-order valence-corrected chi connectivity index (χ2v) is 7.27. The quantitative estimate of drug-likeness (QED) is 0.763. The van der Waals surface area contributed by atoms with Crippen molar-refractivity contribution in [3.05, 3.63) is 57.0 Å². The summed E-state index contributed by atoms with van der Waals surface area (Å²) in [6, 6.07) is 10.5. The van der Waals surface area contributed by atoms with Gasteiger partial charge >= 0.3 is 0 Å². The number of benzene rings is 2. The number of amides is 2. The van der Waals surface area contributed by atoms with Gasteiger partial charge in [0.2, 0.25) is 0 Å². The first kappa shape index (κ1) is 18.5. The molecule has 0 saturated carbocycles. The lowest BCUT2D eigenvalue weighted by atomic mass is 10.1. The first-order chi connectivity index (χ1) is 12.3. The van der Waals surface area contributed by atoms with Crippen LogP contribution in [0.15, 0.2) is 40.9 Å². The third-order valence-corrected chi connectivity index (χ3v) is 4.65. The molecule has 0 fully saturated rings. The molecule has 26 heavy (non-hydrogen) atoms. The lowest BCUT2D eigenvalue weighted by Gasteiger charge is -2.35. The summed E-state index contributed by atoms with van der Waals surface area (Å²) in [5, 5.41) is 5.04. The van der Waals surface area contributed by atoms with Crippen LogP contribution in [0.2, 0.25) is 5.02 Å². The summed E-state index contributed by atoms with van der Waals surface area (Å²) >= 11 is 9.25. The number of halogens is 2. The molecule has 0 radical (unpaired) electrons. The lowest BCUT2D eigenvalue weighted by molar-refractivity contribution is -0.127.